The van der Waals surface area contributed by atoms with E-state index in [1.165, 1.54) is 6.92 Å². The predicted octanol–water partition coefficient (Wildman–Crippen LogP) is 1.77. The van der Waals surface area contributed by atoms with Crippen molar-refractivity contribution in [1.29, 1.82) is 0 Å². The third kappa shape index (κ3) is 2.65. The number of nitrogens with one attached hydrogen (secondary N) is 1. The maximum Gasteiger partial charge on any atom is 0.223 e. The van der Waals surface area contributed by atoms with Crippen LogP contribution in [0.2, 0.25) is 0 Å². The topological polar surface area (TPSA) is 94.0 Å². The van der Waals surface area contributed by atoms with Gasteiger partial charge >= 0.3 is 0 Å². The number of ketones is 1. The Kier molecular flexibility index (Phi) is 3.27. The van der Waals surface area contributed by atoms with E-state index in [0.717, 1.165) is 5.69 Å². The van der Waals surface area contributed by atoms with Gasteiger partial charge in [-0.3, -0.25) is 4.79 Å². The van der Waals surface area contributed by atoms with Crippen LogP contribution in [0.4, 0.5) is 11.4 Å². The lowest BCUT2D eigenvalue weighted by atomic mass is 10.1. The van der Waals surface area contributed by atoms with Crippen molar-refractivity contribution >= 4 is 17.2 Å². The minimum absolute atomic E-state index is 0.0483. The van der Waals surface area contributed by atoms with Gasteiger partial charge < -0.3 is 15.6 Å². The molecular formula is C12H14N4O2. The van der Waals surface area contributed by atoms with Crippen LogP contribution in [0.3, 0.4) is 0 Å². The van der Waals surface area contributed by atoms with Crippen molar-refractivity contribution < 1.29 is 9.32 Å². The van der Waals surface area contributed by atoms with Gasteiger partial charge in [0.25, 0.3) is 0 Å². The van der Waals surface area contributed by atoms with E-state index in [1.54, 1.807) is 25.1 Å². The van der Waals surface area contributed by atoms with E-state index in [2.05, 4.69) is 15.5 Å². The molecular weight excluding hydrogens is 232 g/mol. The van der Waals surface area contributed by atoms with Gasteiger partial charge in [-0.15, -0.1) is 0 Å². The molecule has 6 heteroatoms. The zero-order valence-corrected chi connectivity index (χ0v) is 10.2. The van der Waals surface area contributed by atoms with Crippen molar-refractivity contribution in [2.24, 2.45) is 0 Å². The normalized spacial score (nSPS) is 10.3. The summed E-state index contributed by atoms with van der Waals surface area (Å²) in [7, 11) is 0. The van der Waals surface area contributed by atoms with Crippen LogP contribution in [0.15, 0.2) is 22.7 Å². The zero-order valence-electron chi connectivity index (χ0n) is 10.2. The number of benzene rings is 1. The fourth-order valence-corrected chi connectivity index (χ4v) is 1.59. The first-order valence-corrected chi connectivity index (χ1v) is 5.50. The van der Waals surface area contributed by atoms with Crippen molar-refractivity contribution in [3.8, 4) is 0 Å². The summed E-state index contributed by atoms with van der Waals surface area (Å²) < 4.78 is 4.86. The number of hydrogen-bond donors (Lipinski definition) is 2. The summed E-state index contributed by atoms with van der Waals surface area (Å²) in [5.41, 5.74) is 7.57. The molecule has 0 saturated carbocycles. The standard InChI is InChI=1S/C12H14N4O2/c1-7(17)10-4-3-9(5-11(10)13)14-6-12-15-8(2)18-16-12/h3-5,14H,6,13H2,1-2H3. The minimum Gasteiger partial charge on any atom is -0.398 e. The molecule has 0 spiro atoms. The van der Waals surface area contributed by atoms with Gasteiger partial charge in [-0.05, 0) is 25.1 Å². The Morgan fingerprint density at radius 2 is 2.28 bits per heavy atom. The van der Waals surface area contributed by atoms with E-state index >= 15 is 0 Å². The smallest absolute Gasteiger partial charge is 0.223 e. The molecule has 0 saturated heterocycles. The van der Waals surface area contributed by atoms with E-state index in [0.29, 0.717) is 29.5 Å². The van der Waals surface area contributed by atoms with E-state index in [9.17, 15) is 4.79 Å². The molecule has 1 aromatic heterocycles. The molecule has 0 unspecified atom stereocenters. The molecule has 2 rings (SSSR count). The Morgan fingerprint density at radius 3 is 2.83 bits per heavy atom. The molecule has 94 valence electrons. The Labute approximate surface area is 104 Å². The molecule has 1 heterocycles. The number of nitrogens with zero attached hydrogens (tertiary/aromatic N) is 2. The summed E-state index contributed by atoms with van der Waals surface area (Å²) in [5, 5.41) is 6.87. The average molecular weight is 246 g/mol. The highest BCUT2D eigenvalue weighted by atomic mass is 16.5. The lowest BCUT2D eigenvalue weighted by Crippen LogP contribution is -2.04. The zero-order chi connectivity index (χ0) is 13.1. The van der Waals surface area contributed by atoms with E-state index in [1.807, 2.05) is 0 Å². The fourth-order valence-electron chi connectivity index (χ4n) is 1.59. The lowest BCUT2D eigenvalue weighted by Gasteiger charge is -2.07. The van der Waals surface area contributed by atoms with Crippen LogP contribution < -0.4 is 11.1 Å². The number of carbonyl (C=O) groups is 1. The molecule has 6 nitrogen and oxygen atoms in total. The van der Waals surface area contributed by atoms with Gasteiger partial charge in [0.05, 0.1) is 6.54 Å². The summed E-state index contributed by atoms with van der Waals surface area (Å²) in [6.45, 7) is 3.66. The SMILES string of the molecule is CC(=O)c1ccc(NCc2noc(C)n2)cc1N. The summed E-state index contributed by atoms with van der Waals surface area (Å²) in [6, 6.07) is 5.20. The molecule has 0 aliphatic carbocycles. The first-order chi connectivity index (χ1) is 8.56. The Balaban J connectivity index is 2.06. The van der Waals surface area contributed by atoms with E-state index in [4.69, 9.17) is 10.3 Å². The predicted molar refractivity (Wildman–Crippen MR) is 67.2 cm³/mol. The molecule has 1 aromatic carbocycles. The van der Waals surface area contributed by atoms with Crippen molar-refractivity contribution in [3.05, 3.63) is 35.5 Å². The Hall–Kier alpha value is -2.37. The van der Waals surface area contributed by atoms with E-state index in [-0.39, 0.29) is 5.78 Å². The second-order valence-electron chi connectivity index (χ2n) is 3.94. The number of carbonyl (C=O) groups excluding carboxylic acids is 1. The lowest BCUT2D eigenvalue weighted by molar-refractivity contribution is 0.101. The maximum atomic E-state index is 11.2. The Bertz CT molecular complexity index is 577. The Morgan fingerprint density at radius 1 is 1.50 bits per heavy atom. The molecule has 18 heavy (non-hydrogen) atoms. The molecule has 2 aromatic rings. The number of nitrogen functional groups attached to an aromatic ring is 1. The average Bonchev–Trinajstić information content (AvgIpc) is 2.72. The van der Waals surface area contributed by atoms with Crippen LogP contribution in [0.5, 0.6) is 0 Å². The van der Waals surface area contributed by atoms with Crippen molar-refractivity contribution in [3.63, 3.8) is 0 Å². The molecule has 0 atom stereocenters. The third-order valence-electron chi connectivity index (χ3n) is 2.45. The van der Waals surface area contributed by atoms with Crippen LogP contribution in [0.25, 0.3) is 0 Å². The van der Waals surface area contributed by atoms with Crippen LogP contribution in [0.1, 0.15) is 29.0 Å². The molecule has 0 aliphatic heterocycles. The molecule has 0 bridgehead atoms. The summed E-state index contributed by atoms with van der Waals surface area (Å²) in [5.74, 6) is 1.05. The van der Waals surface area contributed by atoms with Gasteiger partial charge in [-0.1, -0.05) is 5.16 Å². The summed E-state index contributed by atoms with van der Waals surface area (Å²) >= 11 is 0. The van der Waals surface area contributed by atoms with Gasteiger partial charge in [0.1, 0.15) is 0 Å². The minimum atomic E-state index is -0.0483. The van der Waals surface area contributed by atoms with Gasteiger partial charge in [0.15, 0.2) is 11.6 Å². The molecule has 0 amide bonds. The fraction of sp³-hybridized carbons (Fsp3) is 0.250. The summed E-state index contributed by atoms with van der Waals surface area (Å²) in [4.78, 5) is 15.3. The highest BCUT2D eigenvalue weighted by molar-refractivity contribution is 5.99. The molecule has 0 radical (unpaired) electrons. The van der Waals surface area contributed by atoms with Crippen LogP contribution in [0, 0.1) is 6.92 Å². The quantitative estimate of drug-likeness (QED) is 0.630. The van der Waals surface area contributed by atoms with Gasteiger partial charge in [0.2, 0.25) is 5.89 Å². The number of Topliss-reactive ketones (excluding diaryl/α,β-unsaturated/α-hetero) is 1. The largest absolute Gasteiger partial charge is 0.398 e. The van der Waals surface area contributed by atoms with Crippen molar-refractivity contribution in [1.82, 2.24) is 10.1 Å². The summed E-state index contributed by atoms with van der Waals surface area (Å²) in [6.07, 6.45) is 0. The number of nitrogens with two attached hydrogens (primary N) is 1. The van der Waals surface area contributed by atoms with Crippen LogP contribution in [-0.4, -0.2) is 15.9 Å². The van der Waals surface area contributed by atoms with Crippen molar-refractivity contribution in [2.75, 3.05) is 11.1 Å². The number of aryl methyl sites for hydroxylation is 1. The van der Waals surface area contributed by atoms with Gasteiger partial charge in [-0.25, -0.2) is 0 Å². The van der Waals surface area contributed by atoms with Gasteiger partial charge in [-0.2, -0.15) is 4.98 Å². The molecule has 0 aliphatic rings. The second-order valence-corrected chi connectivity index (χ2v) is 3.94. The van der Waals surface area contributed by atoms with Crippen LogP contribution in [-0.2, 0) is 6.54 Å². The first kappa shape index (κ1) is 12.1. The highest BCUT2D eigenvalue weighted by Crippen LogP contribution is 2.18. The number of aromatic nitrogens is 2. The van der Waals surface area contributed by atoms with Gasteiger partial charge in [0, 0.05) is 23.9 Å². The molecule has 0 fully saturated rings. The highest BCUT2D eigenvalue weighted by Gasteiger charge is 2.06. The maximum absolute atomic E-state index is 11.2. The second kappa shape index (κ2) is 4.87. The van der Waals surface area contributed by atoms with Crippen molar-refractivity contribution in [2.45, 2.75) is 20.4 Å². The van der Waals surface area contributed by atoms with E-state index < -0.39 is 0 Å². The third-order valence-corrected chi connectivity index (χ3v) is 2.45. The number of anilines is 2. The first-order valence-electron chi connectivity index (χ1n) is 5.50. The van der Waals surface area contributed by atoms with Crippen LogP contribution >= 0.6 is 0 Å². The number of hydrogen-bond acceptors (Lipinski definition) is 6. The monoisotopic (exact) mass is 246 g/mol. The number of rotatable bonds is 4. The molecule has 3 N–H and O–H groups in total.